The molecule has 5 rings (SSSR count). The number of aryl methyl sites for hydroxylation is 1. The van der Waals surface area contributed by atoms with Gasteiger partial charge in [0.2, 0.25) is 0 Å². The van der Waals surface area contributed by atoms with E-state index in [9.17, 15) is 13.2 Å². The Labute approximate surface area is 205 Å². The highest BCUT2D eigenvalue weighted by molar-refractivity contribution is 6.29. The molecule has 5 nitrogen and oxygen atoms in total. The molecule has 1 aliphatic heterocycles. The third-order valence-electron chi connectivity index (χ3n) is 6.11. The van der Waals surface area contributed by atoms with Crippen LogP contribution in [0.1, 0.15) is 46.6 Å². The molecular formula is C26H23ClF3N3O2. The Balaban J connectivity index is 1.40. The number of hydrogen-bond donors (Lipinski definition) is 1. The Morgan fingerprint density at radius 3 is 2.71 bits per heavy atom. The van der Waals surface area contributed by atoms with Crippen molar-refractivity contribution in [1.29, 1.82) is 0 Å². The minimum Gasteiger partial charge on any atom is -0.455 e. The van der Waals surface area contributed by atoms with Crippen LogP contribution in [0.15, 0.2) is 59.7 Å². The van der Waals surface area contributed by atoms with Crippen LogP contribution in [0.2, 0.25) is 5.15 Å². The van der Waals surface area contributed by atoms with Gasteiger partial charge in [0.1, 0.15) is 10.9 Å². The summed E-state index contributed by atoms with van der Waals surface area (Å²) in [4.78, 5) is 14.4. The first-order valence-electron chi connectivity index (χ1n) is 11.3. The summed E-state index contributed by atoms with van der Waals surface area (Å²) in [6, 6.07) is 12.6. The molecule has 2 heterocycles. The van der Waals surface area contributed by atoms with Crippen LogP contribution >= 0.6 is 11.6 Å². The molecule has 182 valence electrons. The molecule has 1 atom stereocenters. The second-order valence-electron chi connectivity index (χ2n) is 8.84. The van der Waals surface area contributed by atoms with Crippen LogP contribution in [0, 0.1) is 6.92 Å². The Morgan fingerprint density at radius 1 is 1.14 bits per heavy atom. The predicted molar refractivity (Wildman–Crippen MR) is 127 cm³/mol. The predicted octanol–water partition coefficient (Wildman–Crippen LogP) is 6.62. The van der Waals surface area contributed by atoms with Crippen molar-refractivity contribution < 1.29 is 22.7 Å². The van der Waals surface area contributed by atoms with E-state index in [-0.39, 0.29) is 22.7 Å². The van der Waals surface area contributed by atoms with Crippen LogP contribution in [-0.2, 0) is 17.4 Å². The average Bonchev–Trinajstić information content (AvgIpc) is 3.67. The summed E-state index contributed by atoms with van der Waals surface area (Å²) >= 11 is 6.12. The lowest BCUT2D eigenvalue weighted by molar-refractivity contribution is -0.137. The Bertz CT molecular complexity index is 1270. The lowest BCUT2D eigenvalue weighted by atomic mass is 9.97. The van der Waals surface area contributed by atoms with Crippen molar-refractivity contribution in [2.75, 3.05) is 6.61 Å². The summed E-state index contributed by atoms with van der Waals surface area (Å²) in [5.41, 5.74) is 6.23. The molecule has 0 spiro atoms. The van der Waals surface area contributed by atoms with Crippen LogP contribution in [0.3, 0.4) is 0 Å². The molecule has 1 aromatic heterocycles. The van der Waals surface area contributed by atoms with Gasteiger partial charge in [0.05, 0.1) is 30.0 Å². The lowest BCUT2D eigenvalue weighted by Crippen LogP contribution is -2.37. The molecule has 1 fully saturated rings. The van der Waals surface area contributed by atoms with Gasteiger partial charge in [-0.15, -0.1) is 0 Å². The number of alkyl halides is 3. The van der Waals surface area contributed by atoms with Crippen molar-refractivity contribution in [3.05, 3.63) is 87.7 Å². The average molecular weight is 502 g/mol. The molecule has 35 heavy (non-hydrogen) atoms. The number of aliphatic imine (C=N–C) groups is 1. The Morgan fingerprint density at radius 2 is 1.97 bits per heavy atom. The molecule has 0 amide bonds. The molecule has 2 aliphatic rings. The number of nitrogens with zero attached hydrogens (tertiary/aromatic N) is 2. The van der Waals surface area contributed by atoms with Gasteiger partial charge in [-0.05, 0) is 73.1 Å². The standard InChI is InChI=1S/C26H23ClF3N3O2/c1-15-9-18(16-5-6-16)8-7-17(15)10-20-14-34-33-25(32-20)22-12-24(27)31-13-23(22)35-21-4-2-3-19(11-21)26(28,29)30/h2-4,7-9,11-13,16,20H,5-6,10,14H2,1H3,(H,32,33)/t20-/m1/s1. The minimum absolute atomic E-state index is 0.0189. The Kier molecular flexibility index (Phi) is 6.42. The zero-order chi connectivity index (χ0) is 24.6. The van der Waals surface area contributed by atoms with Gasteiger partial charge in [0.15, 0.2) is 11.6 Å². The number of hydrogen-bond acceptors (Lipinski definition) is 5. The number of nitrogens with one attached hydrogen (secondary N) is 1. The fourth-order valence-corrected chi connectivity index (χ4v) is 4.26. The van der Waals surface area contributed by atoms with Gasteiger partial charge >= 0.3 is 6.18 Å². The molecule has 3 aromatic rings. The van der Waals surface area contributed by atoms with E-state index in [2.05, 4.69) is 35.6 Å². The monoisotopic (exact) mass is 501 g/mol. The van der Waals surface area contributed by atoms with E-state index in [1.807, 2.05) is 0 Å². The van der Waals surface area contributed by atoms with E-state index in [4.69, 9.17) is 26.2 Å². The maximum Gasteiger partial charge on any atom is 0.416 e. The molecule has 0 radical (unpaired) electrons. The highest BCUT2D eigenvalue weighted by Crippen LogP contribution is 2.40. The summed E-state index contributed by atoms with van der Waals surface area (Å²) in [6.45, 7) is 2.48. The summed E-state index contributed by atoms with van der Waals surface area (Å²) in [5, 5.41) is 0.189. The van der Waals surface area contributed by atoms with E-state index in [0.29, 0.717) is 30.3 Å². The van der Waals surface area contributed by atoms with Gasteiger partial charge in [-0.3, -0.25) is 9.83 Å². The number of amidine groups is 1. The third kappa shape index (κ3) is 5.60. The highest BCUT2D eigenvalue weighted by atomic mass is 35.5. The first kappa shape index (κ1) is 23.6. The highest BCUT2D eigenvalue weighted by Gasteiger charge is 2.31. The quantitative estimate of drug-likeness (QED) is 0.385. The number of rotatable bonds is 6. The van der Waals surface area contributed by atoms with Crippen LogP contribution in [0.5, 0.6) is 11.5 Å². The topological polar surface area (TPSA) is 55.7 Å². The number of aromatic nitrogens is 1. The van der Waals surface area contributed by atoms with Crippen LogP contribution in [0.25, 0.3) is 0 Å². The summed E-state index contributed by atoms with van der Waals surface area (Å²) in [6.07, 6.45) is 0.0739. The van der Waals surface area contributed by atoms with E-state index in [0.717, 1.165) is 12.1 Å². The fraction of sp³-hybridized carbons (Fsp3) is 0.308. The molecular weight excluding hydrogens is 479 g/mol. The van der Waals surface area contributed by atoms with Crippen LogP contribution < -0.4 is 10.2 Å². The zero-order valence-electron chi connectivity index (χ0n) is 18.9. The van der Waals surface area contributed by atoms with Crippen molar-refractivity contribution in [2.24, 2.45) is 4.99 Å². The van der Waals surface area contributed by atoms with Gasteiger partial charge in [-0.2, -0.15) is 13.2 Å². The first-order valence-corrected chi connectivity index (χ1v) is 11.7. The summed E-state index contributed by atoms with van der Waals surface area (Å²) < 4.78 is 45.1. The van der Waals surface area contributed by atoms with Gasteiger partial charge in [-0.1, -0.05) is 35.9 Å². The minimum atomic E-state index is -4.48. The largest absolute Gasteiger partial charge is 0.455 e. The maximum absolute atomic E-state index is 13.1. The molecule has 0 bridgehead atoms. The van der Waals surface area contributed by atoms with E-state index >= 15 is 0 Å². The second-order valence-corrected chi connectivity index (χ2v) is 9.23. The molecule has 1 aliphatic carbocycles. The SMILES string of the molecule is Cc1cc(C2CC2)ccc1C[C@@H]1CONC(c2cc(Cl)ncc2Oc2cccc(C(F)(F)F)c2)=N1. The number of pyridine rings is 1. The van der Waals surface area contributed by atoms with Crippen molar-refractivity contribution in [3.63, 3.8) is 0 Å². The zero-order valence-corrected chi connectivity index (χ0v) is 19.7. The van der Waals surface area contributed by atoms with Crippen molar-refractivity contribution in [1.82, 2.24) is 10.5 Å². The smallest absolute Gasteiger partial charge is 0.416 e. The molecule has 2 aromatic carbocycles. The van der Waals surface area contributed by atoms with Gasteiger partial charge < -0.3 is 4.74 Å². The molecule has 9 heteroatoms. The van der Waals surface area contributed by atoms with Crippen LogP contribution in [0.4, 0.5) is 13.2 Å². The van der Waals surface area contributed by atoms with Crippen LogP contribution in [-0.4, -0.2) is 23.5 Å². The van der Waals surface area contributed by atoms with E-state index < -0.39 is 11.7 Å². The Hall–Kier alpha value is -3.10. The maximum atomic E-state index is 13.1. The normalized spacial score (nSPS) is 18.1. The molecule has 1 saturated carbocycles. The molecule has 0 saturated heterocycles. The van der Waals surface area contributed by atoms with Gasteiger partial charge in [0, 0.05) is 0 Å². The van der Waals surface area contributed by atoms with E-state index in [1.54, 1.807) is 0 Å². The summed E-state index contributed by atoms with van der Waals surface area (Å²) in [5.74, 6) is 1.29. The van der Waals surface area contributed by atoms with Crippen molar-refractivity contribution in [3.8, 4) is 11.5 Å². The van der Waals surface area contributed by atoms with Crippen molar-refractivity contribution >= 4 is 17.4 Å². The second kappa shape index (κ2) is 9.51. The molecule has 1 N–H and O–H groups in total. The lowest BCUT2D eigenvalue weighted by Gasteiger charge is -2.24. The van der Waals surface area contributed by atoms with Crippen molar-refractivity contribution in [2.45, 2.75) is 44.3 Å². The number of ether oxygens (including phenoxy) is 1. The number of halogens is 4. The van der Waals surface area contributed by atoms with Gasteiger partial charge in [0.25, 0.3) is 0 Å². The number of hydroxylamine groups is 1. The summed E-state index contributed by atoms with van der Waals surface area (Å²) in [7, 11) is 0. The first-order chi connectivity index (χ1) is 16.8. The third-order valence-corrected chi connectivity index (χ3v) is 6.31. The van der Waals surface area contributed by atoms with E-state index in [1.165, 1.54) is 53.9 Å². The number of benzene rings is 2. The van der Waals surface area contributed by atoms with Gasteiger partial charge in [-0.25, -0.2) is 10.5 Å². The molecule has 0 unspecified atom stereocenters. The fourth-order valence-electron chi connectivity index (χ4n) is 4.10.